The van der Waals surface area contributed by atoms with Crippen molar-refractivity contribution in [1.82, 2.24) is 0 Å². The van der Waals surface area contributed by atoms with Crippen LogP contribution in [0.15, 0.2) is 24.3 Å². The first-order chi connectivity index (χ1) is 9.09. The van der Waals surface area contributed by atoms with Crippen LogP contribution in [0, 0.1) is 18.8 Å². The van der Waals surface area contributed by atoms with Gasteiger partial charge in [0.1, 0.15) is 0 Å². The lowest BCUT2D eigenvalue weighted by Gasteiger charge is -2.27. The van der Waals surface area contributed by atoms with Crippen molar-refractivity contribution in [3.63, 3.8) is 0 Å². The molecule has 1 saturated carbocycles. The van der Waals surface area contributed by atoms with Gasteiger partial charge in [0.25, 0.3) is 0 Å². The number of hydrogen-bond acceptors (Lipinski definition) is 2. The summed E-state index contributed by atoms with van der Waals surface area (Å²) in [6.07, 6.45) is 3.08. The van der Waals surface area contributed by atoms with E-state index in [2.05, 4.69) is 5.32 Å². The molecule has 0 saturated heterocycles. The van der Waals surface area contributed by atoms with Crippen molar-refractivity contribution in [2.45, 2.75) is 32.6 Å². The standard InChI is InChI=1S/C15H19NO3/c1-10-6-2-5-9-13(10)16-14(17)11-7-3-4-8-12(11)15(18)19/h2,5-6,9,11-12H,3-4,7-8H2,1H3,(H,16,17)(H,18,19). The summed E-state index contributed by atoms with van der Waals surface area (Å²) in [7, 11) is 0. The van der Waals surface area contributed by atoms with E-state index in [0.717, 1.165) is 24.1 Å². The first kappa shape index (κ1) is 13.6. The summed E-state index contributed by atoms with van der Waals surface area (Å²) in [6.45, 7) is 1.92. The zero-order valence-corrected chi connectivity index (χ0v) is 11.1. The Balaban J connectivity index is 2.10. The van der Waals surface area contributed by atoms with Gasteiger partial charge in [-0.3, -0.25) is 9.59 Å². The number of amides is 1. The topological polar surface area (TPSA) is 66.4 Å². The molecule has 1 aromatic rings. The Bertz CT molecular complexity index is 484. The molecule has 1 amide bonds. The van der Waals surface area contributed by atoms with Crippen LogP contribution in [-0.4, -0.2) is 17.0 Å². The Kier molecular flexibility index (Phi) is 4.20. The minimum absolute atomic E-state index is 0.165. The highest BCUT2D eigenvalue weighted by Crippen LogP contribution is 2.31. The van der Waals surface area contributed by atoms with Crippen LogP contribution in [0.4, 0.5) is 5.69 Å². The second-order valence-electron chi connectivity index (χ2n) is 5.14. The first-order valence-electron chi connectivity index (χ1n) is 6.69. The summed E-state index contributed by atoms with van der Waals surface area (Å²) < 4.78 is 0. The number of rotatable bonds is 3. The number of carbonyl (C=O) groups excluding carboxylic acids is 1. The fraction of sp³-hybridized carbons (Fsp3) is 0.467. The van der Waals surface area contributed by atoms with Crippen LogP contribution in [0.5, 0.6) is 0 Å². The van der Waals surface area contributed by atoms with Gasteiger partial charge in [0.2, 0.25) is 5.91 Å². The smallest absolute Gasteiger partial charge is 0.307 e. The molecular weight excluding hydrogens is 242 g/mol. The monoisotopic (exact) mass is 261 g/mol. The summed E-state index contributed by atoms with van der Waals surface area (Å²) >= 11 is 0. The van der Waals surface area contributed by atoms with Crippen LogP contribution >= 0.6 is 0 Å². The number of aliphatic carboxylic acids is 1. The third kappa shape index (κ3) is 3.13. The predicted octanol–water partition coefficient (Wildman–Crippen LogP) is 2.82. The van der Waals surface area contributed by atoms with Gasteiger partial charge in [-0.05, 0) is 31.4 Å². The van der Waals surface area contributed by atoms with E-state index in [-0.39, 0.29) is 5.91 Å². The molecule has 0 bridgehead atoms. The van der Waals surface area contributed by atoms with E-state index in [1.807, 2.05) is 31.2 Å². The second kappa shape index (κ2) is 5.87. The Morgan fingerprint density at radius 3 is 2.42 bits per heavy atom. The van der Waals surface area contributed by atoms with Gasteiger partial charge in [-0.2, -0.15) is 0 Å². The molecule has 4 nitrogen and oxygen atoms in total. The maximum atomic E-state index is 12.3. The number of carbonyl (C=O) groups is 2. The van der Waals surface area contributed by atoms with Crippen LogP contribution in [0.2, 0.25) is 0 Å². The van der Waals surface area contributed by atoms with E-state index in [0.29, 0.717) is 12.8 Å². The van der Waals surface area contributed by atoms with Gasteiger partial charge in [0.15, 0.2) is 0 Å². The lowest BCUT2D eigenvalue weighted by Crippen LogP contribution is -2.36. The third-order valence-corrected chi connectivity index (χ3v) is 3.82. The molecule has 2 unspecified atom stereocenters. The number of carboxylic acid groups (broad SMARTS) is 1. The quantitative estimate of drug-likeness (QED) is 0.879. The largest absolute Gasteiger partial charge is 0.481 e. The fourth-order valence-corrected chi connectivity index (χ4v) is 2.68. The average Bonchev–Trinajstić information content (AvgIpc) is 2.41. The van der Waals surface area contributed by atoms with Crippen molar-refractivity contribution in [2.75, 3.05) is 5.32 Å². The molecule has 1 fully saturated rings. The van der Waals surface area contributed by atoms with Gasteiger partial charge in [-0.25, -0.2) is 0 Å². The molecule has 0 radical (unpaired) electrons. The van der Waals surface area contributed by atoms with Gasteiger partial charge in [-0.1, -0.05) is 31.0 Å². The fourth-order valence-electron chi connectivity index (χ4n) is 2.68. The van der Waals surface area contributed by atoms with Gasteiger partial charge < -0.3 is 10.4 Å². The molecule has 2 rings (SSSR count). The molecule has 2 N–H and O–H groups in total. The number of nitrogens with one attached hydrogen (secondary N) is 1. The van der Waals surface area contributed by atoms with Gasteiger partial charge in [-0.15, -0.1) is 0 Å². The number of anilines is 1. The molecular formula is C15H19NO3. The van der Waals surface area contributed by atoms with Crippen molar-refractivity contribution >= 4 is 17.6 Å². The van der Waals surface area contributed by atoms with E-state index in [1.54, 1.807) is 0 Å². The number of aryl methyl sites for hydroxylation is 1. The SMILES string of the molecule is Cc1ccccc1NC(=O)C1CCCCC1C(=O)O. The van der Waals surface area contributed by atoms with E-state index in [9.17, 15) is 14.7 Å². The Hall–Kier alpha value is -1.84. The van der Waals surface area contributed by atoms with Crippen LogP contribution in [-0.2, 0) is 9.59 Å². The lowest BCUT2D eigenvalue weighted by molar-refractivity contribution is -0.147. The molecule has 0 aromatic heterocycles. The first-order valence-corrected chi connectivity index (χ1v) is 6.69. The Labute approximate surface area is 112 Å². The third-order valence-electron chi connectivity index (χ3n) is 3.82. The predicted molar refractivity (Wildman–Crippen MR) is 72.9 cm³/mol. The van der Waals surface area contributed by atoms with Gasteiger partial charge in [0.05, 0.1) is 11.8 Å². The maximum Gasteiger partial charge on any atom is 0.307 e. The Morgan fingerprint density at radius 1 is 1.16 bits per heavy atom. The molecule has 102 valence electrons. The van der Waals surface area contributed by atoms with Crippen molar-refractivity contribution in [3.05, 3.63) is 29.8 Å². The molecule has 4 heteroatoms. The highest BCUT2D eigenvalue weighted by atomic mass is 16.4. The van der Waals surface area contributed by atoms with Gasteiger partial charge >= 0.3 is 5.97 Å². The van der Waals surface area contributed by atoms with Crippen LogP contribution in [0.3, 0.4) is 0 Å². The maximum absolute atomic E-state index is 12.3. The summed E-state index contributed by atoms with van der Waals surface area (Å²) in [6, 6.07) is 7.53. The van der Waals surface area contributed by atoms with Gasteiger partial charge in [0, 0.05) is 5.69 Å². The second-order valence-corrected chi connectivity index (χ2v) is 5.14. The van der Waals surface area contributed by atoms with Crippen molar-refractivity contribution < 1.29 is 14.7 Å². The van der Waals surface area contributed by atoms with Crippen LogP contribution in [0.25, 0.3) is 0 Å². The van der Waals surface area contributed by atoms with Crippen LogP contribution in [0.1, 0.15) is 31.2 Å². The minimum atomic E-state index is -0.857. The molecule has 19 heavy (non-hydrogen) atoms. The van der Waals surface area contributed by atoms with Crippen molar-refractivity contribution in [2.24, 2.45) is 11.8 Å². The molecule has 1 aliphatic rings. The summed E-state index contributed by atoms with van der Waals surface area (Å²) in [4.78, 5) is 23.5. The number of para-hydroxylation sites is 1. The Morgan fingerprint density at radius 2 is 1.79 bits per heavy atom. The number of hydrogen-bond donors (Lipinski definition) is 2. The highest BCUT2D eigenvalue weighted by Gasteiger charge is 2.35. The van der Waals surface area contributed by atoms with E-state index >= 15 is 0 Å². The summed E-state index contributed by atoms with van der Waals surface area (Å²) in [5.41, 5.74) is 1.75. The van der Waals surface area contributed by atoms with Crippen molar-refractivity contribution in [1.29, 1.82) is 0 Å². The molecule has 1 aromatic carbocycles. The van der Waals surface area contributed by atoms with E-state index < -0.39 is 17.8 Å². The van der Waals surface area contributed by atoms with E-state index in [1.165, 1.54) is 0 Å². The highest BCUT2D eigenvalue weighted by molar-refractivity contribution is 5.95. The van der Waals surface area contributed by atoms with Crippen molar-refractivity contribution in [3.8, 4) is 0 Å². The molecule has 0 spiro atoms. The molecule has 1 aliphatic carbocycles. The average molecular weight is 261 g/mol. The molecule has 0 heterocycles. The number of carboxylic acids is 1. The zero-order chi connectivity index (χ0) is 13.8. The number of benzene rings is 1. The zero-order valence-electron chi connectivity index (χ0n) is 11.1. The lowest BCUT2D eigenvalue weighted by atomic mass is 9.78. The normalized spacial score (nSPS) is 22.8. The summed E-state index contributed by atoms with van der Waals surface area (Å²) in [5, 5.41) is 12.1. The minimum Gasteiger partial charge on any atom is -0.481 e. The van der Waals surface area contributed by atoms with E-state index in [4.69, 9.17) is 0 Å². The molecule has 0 aliphatic heterocycles. The summed E-state index contributed by atoms with van der Waals surface area (Å²) in [5.74, 6) is -1.98. The van der Waals surface area contributed by atoms with Crippen LogP contribution < -0.4 is 5.32 Å². The molecule has 2 atom stereocenters.